The number of hydrogen-bond donors (Lipinski definition) is 5. The molecule has 0 saturated carbocycles. The van der Waals surface area contributed by atoms with Crippen LogP contribution in [0, 0.1) is 0 Å². The molecule has 0 aliphatic rings. The van der Waals surface area contributed by atoms with Gasteiger partial charge in [-0.1, -0.05) is 0 Å². The first kappa shape index (κ1) is 20.9. The number of anilines is 1. The number of aliphatic carboxylic acids is 1. The van der Waals surface area contributed by atoms with E-state index in [0.29, 0.717) is 20.5 Å². The van der Waals surface area contributed by atoms with Crippen molar-refractivity contribution < 1.29 is 24.2 Å². The third-order valence-electron chi connectivity index (χ3n) is 3.23. The Labute approximate surface area is 170 Å². The van der Waals surface area contributed by atoms with Crippen LogP contribution in [0.4, 0.5) is 5.69 Å². The molecule has 9 nitrogen and oxygen atoms in total. The van der Waals surface area contributed by atoms with E-state index >= 15 is 0 Å². The lowest BCUT2D eigenvalue weighted by Crippen LogP contribution is -2.29. The summed E-state index contributed by atoms with van der Waals surface area (Å²) in [5, 5.41) is 13.6. The van der Waals surface area contributed by atoms with E-state index < -0.39 is 24.3 Å². The zero-order valence-corrected chi connectivity index (χ0v) is 17.0. The van der Waals surface area contributed by atoms with Crippen molar-refractivity contribution in [3.63, 3.8) is 0 Å². The first-order valence-corrected chi connectivity index (χ1v) is 9.22. The number of hydrogen-bond acceptors (Lipinski definition) is 5. The molecule has 2 amide bonds. The standard InChI is InChI=1S/C16H16Br2N4O5/c17-10-6-11(22-14(10)18)16(26)21-8-1-2-9(12(5-8)27-4-3-19)15(25)20-7-13(23)24/h1-2,5-6,22H,3-4,7,19H2,(H,20,25)(H,21,26)(H,23,24). The van der Waals surface area contributed by atoms with Gasteiger partial charge in [0.15, 0.2) is 0 Å². The van der Waals surface area contributed by atoms with E-state index in [2.05, 4.69) is 47.5 Å². The molecule has 1 aromatic carbocycles. The van der Waals surface area contributed by atoms with Crippen LogP contribution in [0.2, 0.25) is 0 Å². The van der Waals surface area contributed by atoms with Gasteiger partial charge in [0.2, 0.25) is 0 Å². The Hall–Kier alpha value is -2.37. The molecule has 0 atom stereocenters. The Morgan fingerprint density at radius 1 is 1.19 bits per heavy atom. The SMILES string of the molecule is NCCOc1cc(NC(=O)c2cc(Br)c(Br)[nH]2)ccc1C(=O)NCC(=O)O. The molecule has 0 unspecified atom stereocenters. The highest BCUT2D eigenvalue weighted by molar-refractivity contribution is 9.13. The van der Waals surface area contributed by atoms with Crippen LogP contribution in [0.5, 0.6) is 5.75 Å². The number of nitrogens with two attached hydrogens (primary N) is 1. The second-order valence-corrected chi connectivity index (χ2v) is 6.87. The number of carboxylic acids is 1. The van der Waals surface area contributed by atoms with Gasteiger partial charge < -0.3 is 31.2 Å². The average Bonchev–Trinajstić information content (AvgIpc) is 2.97. The molecule has 0 aliphatic heterocycles. The predicted octanol–water partition coefficient (Wildman–Crippen LogP) is 1.94. The Morgan fingerprint density at radius 2 is 1.93 bits per heavy atom. The fourth-order valence-corrected chi connectivity index (χ4v) is 2.71. The second-order valence-electron chi connectivity index (χ2n) is 5.22. The Bertz CT molecular complexity index is 849. The van der Waals surface area contributed by atoms with Crippen LogP contribution < -0.4 is 21.1 Å². The fraction of sp³-hybridized carbons (Fsp3) is 0.188. The third-order valence-corrected chi connectivity index (χ3v) is 5.01. The number of rotatable bonds is 8. The lowest BCUT2D eigenvalue weighted by Gasteiger charge is -2.13. The number of amides is 2. The predicted molar refractivity (Wildman–Crippen MR) is 105 cm³/mol. The number of H-pyrrole nitrogens is 1. The number of carbonyl (C=O) groups excluding carboxylic acids is 2. The number of aromatic amines is 1. The van der Waals surface area contributed by atoms with E-state index in [1.54, 1.807) is 6.07 Å². The van der Waals surface area contributed by atoms with Crippen molar-refractivity contribution >= 4 is 55.3 Å². The van der Waals surface area contributed by atoms with Gasteiger partial charge in [0.1, 0.15) is 24.6 Å². The fourth-order valence-electron chi connectivity index (χ4n) is 2.05. The molecule has 2 aromatic rings. The van der Waals surface area contributed by atoms with Crippen molar-refractivity contribution in [3.05, 3.63) is 44.6 Å². The number of halogens is 2. The van der Waals surface area contributed by atoms with E-state index in [4.69, 9.17) is 15.6 Å². The summed E-state index contributed by atoms with van der Waals surface area (Å²) in [5.41, 5.74) is 6.27. The minimum atomic E-state index is -1.17. The molecule has 144 valence electrons. The molecular formula is C16H16Br2N4O5. The smallest absolute Gasteiger partial charge is 0.322 e. The van der Waals surface area contributed by atoms with Crippen LogP contribution in [0.3, 0.4) is 0 Å². The van der Waals surface area contributed by atoms with Gasteiger partial charge in [0, 0.05) is 18.3 Å². The second kappa shape index (κ2) is 9.53. The Morgan fingerprint density at radius 3 is 2.52 bits per heavy atom. The normalized spacial score (nSPS) is 10.3. The topological polar surface area (TPSA) is 147 Å². The maximum Gasteiger partial charge on any atom is 0.322 e. The quantitative estimate of drug-likeness (QED) is 0.372. The van der Waals surface area contributed by atoms with E-state index in [-0.39, 0.29) is 24.5 Å². The summed E-state index contributed by atoms with van der Waals surface area (Å²) in [6, 6.07) is 6.02. The molecule has 0 aliphatic carbocycles. The van der Waals surface area contributed by atoms with Crippen LogP contribution in [0.15, 0.2) is 33.3 Å². The van der Waals surface area contributed by atoms with E-state index in [0.717, 1.165) is 0 Å². The van der Waals surface area contributed by atoms with Gasteiger partial charge in [-0.25, -0.2) is 0 Å². The van der Waals surface area contributed by atoms with Crippen LogP contribution in [0.25, 0.3) is 0 Å². The molecule has 11 heteroatoms. The van der Waals surface area contributed by atoms with Crippen LogP contribution in [0.1, 0.15) is 20.8 Å². The molecule has 6 N–H and O–H groups in total. The maximum absolute atomic E-state index is 12.3. The van der Waals surface area contributed by atoms with Crippen molar-refractivity contribution in [1.82, 2.24) is 10.3 Å². The van der Waals surface area contributed by atoms with Crippen molar-refractivity contribution in [1.29, 1.82) is 0 Å². The van der Waals surface area contributed by atoms with E-state index in [9.17, 15) is 14.4 Å². The number of nitrogens with one attached hydrogen (secondary N) is 3. The largest absolute Gasteiger partial charge is 0.491 e. The minimum Gasteiger partial charge on any atom is -0.491 e. The molecule has 0 spiro atoms. The molecule has 1 aromatic heterocycles. The third kappa shape index (κ3) is 5.81. The summed E-state index contributed by atoms with van der Waals surface area (Å²) in [5.74, 6) is -2.00. The van der Waals surface area contributed by atoms with Crippen molar-refractivity contribution in [2.24, 2.45) is 5.73 Å². The molecule has 2 rings (SSSR count). The van der Waals surface area contributed by atoms with Gasteiger partial charge in [-0.05, 0) is 50.1 Å². The maximum atomic E-state index is 12.3. The van der Waals surface area contributed by atoms with Crippen molar-refractivity contribution in [2.75, 3.05) is 25.0 Å². The zero-order valence-electron chi connectivity index (χ0n) is 13.8. The number of benzene rings is 1. The minimum absolute atomic E-state index is 0.132. The van der Waals surface area contributed by atoms with Crippen molar-refractivity contribution in [2.45, 2.75) is 0 Å². The summed E-state index contributed by atoms with van der Waals surface area (Å²) in [4.78, 5) is 37.9. The molecule has 27 heavy (non-hydrogen) atoms. The van der Waals surface area contributed by atoms with Gasteiger partial charge in [-0.2, -0.15) is 0 Å². The zero-order chi connectivity index (χ0) is 20.0. The highest BCUT2D eigenvalue weighted by Crippen LogP contribution is 2.26. The van der Waals surface area contributed by atoms with E-state index in [1.807, 2.05) is 0 Å². The number of carbonyl (C=O) groups is 3. The van der Waals surface area contributed by atoms with Gasteiger partial charge in [-0.3, -0.25) is 14.4 Å². The highest BCUT2D eigenvalue weighted by atomic mass is 79.9. The molecule has 0 saturated heterocycles. The molecule has 0 fully saturated rings. The summed E-state index contributed by atoms with van der Waals surface area (Å²) < 4.78 is 6.79. The number of aromatic nitrogens is 1. The van der Waals surface area contributed by atoms with Gasteiger partial charge in [0.25, 0.3) is 11.8 Å². The summed E-state index contributed by atoms with van der Waals surface area (Å²) in [7, 11) is 0. The Kier molecular flexibility index (Phi) is 7.39. The average molecular weight is 504 g/mol. The summed E-state index contributed by atoms with van der Waals surface area (Å²) >= 11 is 6.54. The number of carboxylic acid groups (broad SMARTS) is 1. The molecular weight excluding hydrogens is 488 g/mol. The molecule has 0 bridgehead atoms. The monoisotopic (exact) mass is 502 g/mol. The van der Waals surface area contributed by atoms with Crippen molar-refractivity contribution in [3.8, 4) is 5.75 Å². The lowest BCUT2D eigenvalue weighted by atomic mass is 10.1. The first-order chi connectivity index (χ1) is 12.8. The van der Waals surface area contributed by atoms with Gasteiger partial charge in [0.05, 0.1) is 14.6 Å². The lowest BCUT2D eigenvalue weighted by molar-refractivity contribution is -0.135. The van der Waals surface area contributed by atoms with Crippen LogP contribution >= 0.6 is 31.9 Å². The van der Waals surface area contributed by atoms with Crippen LogP contribution in [-0.4, -0.2) is 47.6 Å². The summed E-state index contributed by atoms with van der Waals surface area (Å²) in [6.07, 6.45) is 0. The first-order valence-electron chi connectivity index (χ1n) is 7.64. The highest BCUT2D eigenvalue weighted by Gasteiger charge is 2.16. The van der Waals surface area contributed by atoms with Gasteiger partial charge in [-0.15, -0.1) is 0 Å². The van der Waals surface area contributed by atoms with Crippen LogP contribution in [-0.2, 0) is 4.79 Å². The van der Waals surface area contributed by atoms with Gasteiger partial charge >= 0.3 is 5.97 Å². The Balaban J connectivity index is 2.21. The summed E-state index contributed by atoms with van der Waals surface area (Å²) in [6.45, 7) is -0.158. The number of ether oxygens (including phenoxy) is 1. The molecule has 0 radical (unpaired) electrons. The van der Waals surface area contributed by atoms with E-state index in [1.165, 1.54) is 18.2 Å². The molecule has 1 heterocycles.